The molecule has 0 saturated carbocycles. The van der Waals surface area contributed by atoms with Gasteiger partial charge < -0.3 is 10.7 Å². The second-order valence-corrected chi connectivity index (χ2v) is 5.73. The van der Waals surface area contributed by atoms with Gasteiger partial charge in [-0.3, -0.25) is 0 Å². The number of nitrogens with one attached hydrogen (secondary N) is 1. The summed E-state index contributed by atoms with van der Waals surface area (Å²) in [6.45, 7) is 1.91. The lowest BCUT2D eigenvalue weighted by Crippen LogP contribution is -2.21. The Hall–Kier alpha value is -1.47. The van der Waals surface area contributed by atoms with Crippen molar-refractivity contribution in [3.05, 3.63) is 41.7 Å². The van der Waals surface area contributed by atoms with Gasteiger partial charge in [0.1, 0.15) is 0 Å². The van der Waals surface area contributed by atoms with Crippen molar-refractivity contribution in [2.75, 3.05) is 0 Å². The fraction of sp³-hybridized carbons (Fsp3) is 0.357. The number of benzene rings is 1. The van der Waals surface area contributed by atoms with Crippen LogP contribution >= 0.6 is 11.8 Å². The van der Waals surface area contributed by atoms with Gasteiger partial charge in [0.15, 0.2) is 5.16 Å². The number of imidazole rings is 1. The van der Waals surface area contributed by atoms with Gasteiger partial charge in [-0.1, -0.05) is 24.8 Å². The zero-order valence-electron chi connectivity index (χ0n) is 11.4. The predicted octanol–water partition coefficient (Wildman–Crippen LogP) is 3.86. The Kier molecular flexibility index (Phi) is 4.95. The standard InChI is InChI=1S/C14H16F3N3S/c1-2-10(18)7-9-3-4-12(11(8-9)14(15,16)17)21-13-19-5-6-20-13/h3-6,8,10H,2,7,18H2,1H3,(H,19,20). The third-order valence-corrected chi connectivity index (χ3v) is 4.04. The average molecular weight is 315 g/mol. The van der Waals surface area contributed by atoms with Crippen molar-refractivity contribution in [2.45, 2.75) is 42.0 Å². The number of aromatic amines is 1. The Bertz CT molecular complexity index is 582. The van der Waals surface area contributed by atoms with Gasteiger partial charge in [-0.15, -0.1) is 0 Å². The summed E-state index contributed by atoms with van der Waals surface area (Å²) in [4.78, 5) is 6.85. The molecule has 21 heavy (non-hydrogen) atoms. The number of halogens is 3. The highest BCUT2D eigenvalue weighted by molar-refractivity contribution is 7.99. The molecule has 114 valence electrons. The monoisotopic (exact) mass is 315 g/mol. The second kappa shape index (κ2) is 6.53. The number of nitrogens with zero attached hydrogens (tertiary/aromatic N) is 1. The summed E-state index contributed by atoms with van der Waals surface area (Å²) in [5.41, 5.74) is 5.76. The number of aromatic nitrogens is 2. The quantitative estimate of drug-likeness (QED) is 0.881. The van der Waals surface area contributed by atoms with E-state index in [1.165, 1.54) is 18.3 Å². The third kappa shape index (κ3) is 4.25. The smallest absolute Gasteiger partial charge is 0.339 e. The van der Waals surface area contributed by atoms with Gasteiger partial charge in [0.25, 0.3) is 0 Å². The molecule has 3 nitrogen and oxygen atoms in total. The molecule has 7 heteroatoms. The number of H-pyrrole nitrogens is 1. The summed E-state index contributed by atoms with van der Waals surface area (Å²) < 4.78 is 39.6. The Morgan fingerprint density at radius 2 is 2.14 bits per heavy atom. The SMILES string of the molecule is CCC(N)Cc1ccc(Sc2ncc[nH]2)c(C(F)(F)F)c1. The molecule has 0 radical (unpaired) electrons. The Morgan fingerprint density at radius 3 is 2.71 bits per heavy atom. The molecule has 1 aromatic heterocycles. The Balaban J connectivity index is 2.32. The highest BCUT2D eigenvalue weighted by atomic mass is 32.2. The largest absolute Gasteiger partial charge is 0.417 e. The van der Waals surface area contributed by atoms with Crippen LogP contribution in [0.4, 0.5) is 13.2 Å². The molecule has 0 aliphatic heterocycles. The van der Waals surface area contributed by atoms with Crippen LogP contribution in [0.15, 0.2) is 40.6 Å². The second-order valence-electron chi connectivity index (χ2n) is 4.70. The lowest BCUT2D eigenvalue weighted by Gasteiger charge is -2.15. The molecular formula is C14H16F3N3S. The van der Waals surface area contributed by atoms with Crippen molar-refractivity contribution in [1.82, 2.24) is 9.97 Å². The van der Waals surface area contributed by atoms with E-state index >= 15 is 0 Å². The van der Waals surface area contributed by atoms with Gasteiger partial charge in [-0.2, -0.15) is 13.2 Å². The summed E-state index contributed by atoms with van der Waals surface area (Å²) in [5, 5.41) is 0.429. The number of rotatable bonds is 5. The minimum atomic E-state index is -4.40. The molecular weight excluding hydrogens is 299 g/mol. The highest BCUT2D eigenvalue weighted by Crippen LogP contribution is 2.39. The summed E-state index contributed by atoms with van der Waals surface area (Å²) in [6.07, 6.45) is -0.161. The van der Waals surface area contributed by atoms with E-state index in [0.717, 1.165) is 18.2 Å². The molecule has 0 fully saturated rings. The van der Waals surface area contributed by atoms with Gasteiger partial charge in [0.2, 0.25) is 0 Å². The lowest BCUT2D eigenvalue weighted by molar-refractivity contribution is -0.139. The van der Waals surface area contributed by atoms with E-state index in [-0.39, 0.29) is 10.9 Å². The van der Waals surface area contributed by atoms with E-state index in [9.17, 15) is 13.2 Å². The molecule has 2 aromatic rings. The van der Waals surface area contributed by atoms with Gasteiger partial charge >= 0.3 is 6.18 Å². The minimum Gasteiger partial charge on any atom is -0.339 e. The summed E-state index contributed by atoms with van der Waals surface area (Å²) >= 11 is 0.963. The van der Waals surface area contributed by atoms with E-state index < -0.39 is 11.7 Å². The third-order valence-electron chi connectivity index (χ3n) is 3.05. The average Bonchev–Trinajstić information content (AvgIpc) is 2.92. The molecule has 0 aliphatic carbocycles. The van der Waals surface area contributed by atoms with Crippen LogP contribution in [0.3, 0.4) is 0 Å². The maximum atomic E-state index is 13.2. The van der Waals surface area contributed by atoms with E-state index in [4.69, 9.17) is 5.73 Å². The van der Waals surface area contributed by atoms with Gasteiger partial charge in [0.05, 0.1) is 5.56 Å². The van der Waals surface area contributed by atoms with Crippen LogP contribution in [0, 0.1) is 0 Å². The fourth-order valence-corrected chi connectivity index (χ4v) is 2.74. The number of hydrogen-bond donors (Lipinski definition) is 2. The first-order valence-corrected chi connectivity index (χ1v) is 7.34. The van der Waals surface area contributed by atoms with Gasteiger partial charge in [-0.05, 0) is 30.5 Å². The molecule has 3 N–H and O–H groups in total. The van der Waals surface area contributed by atoms with Crippen LogP contribution in [-0.2, 0) is 12.6 Å². The zero-order valence-corrected chi connectivity index (χ0v) is 12.3. The first-order valence-electron chi connectivity index (χ1n) is 6.53. The topological polar surface area (TPSA) is 54.7 Å². The Morgan fingerprint density at radius 1 is 1.38 bits per heavy atom. The van der Waals surface area contributed by atoms with Crippen molar-refractivity contribution in [1.29, 1.82) is 0 Å². The van der Waals surface area contributed by atoms with Gasteiger partial charge in [0, 0.05) is 23.3 Å². The van der Waals surface area contributed by atoms with Crippen molar-refractivity contribution in [3.63, 3.8) is 0 Å². The summed E-state index contributed by atoms with van der Waals surface area (Å²) in [5.74, 6) is 0. The number of alkyl halides is 3. The van der Waals surface area contributed by atoms with Crippen molar-refractivity contribution in [3.8, 4) is 0 Å². The van der Waals surface area contributed by atoms with Crippen LogP contribution in [0.5, 0.6) is 0 Å². The molecule has 0 amide bonds. The molecule has 1 heterocycles. The lowest BCUT2D eigenvalue weighted by atomic mass is 10.0. The van der Waals surface area contributed by atoms with Crippen LogP contribution in [0.25, 0.3) is 0 Å². The first-order chi connectivity index (χ1) is 9.90. The maximum Gasteiger partial charge on any atom is 0.417 e. The van der Waals surface area contributed by atoms with E-state index in [0.29, 0.717) is 17.1 Å². The van der Waals surface area contributed by atoms with Crippen LogP contribution < -0.4 is 5.73 Å². The van der Waals surface area contributed by atoms with E-state index in [1.807, 2.05) is 6.92 Å². The molecule has 0 aliphatic rings. The molecule has 2 rings (SSSR count). The minimum absolute atomic E-state index is 0.130. The van der Waals surface area contributed by atoms with Crippen LogP contribution in [0.1, 0.15) is 24.5 Å². The normalized spacial score (nSPS) is 13.4. The zero-order chi connectivity index (χ0) is 15.5. The van der Waals surface area contributed by atoms with E-state index in [1.54, 1.807) is 12.3 Å². The highest BCUT2D eigenvalue weighted by Gasteiger charge is 2.34. The van der Waals surface area contributed by atoms with E-state index in [2.05, 4.69) is 9.97 Å². The predicted molar refractivity (Wildman–Crippen MR) is 76.1 cm³/mol. The number of hydrogen-bond acceptors (Lipinski definition) is 3. The molecule has 0 saturated heterocycles. The first kappa shape index (κ1) is 15.9. The van der Waals surface area contributed by atoms with Crippen molar-refractivity contribution >= 4 is 11.8 Å². The van der Waals surface area contributed by atoms with Crippen molar-refractivity contribution in [2.24, 2.45) is 5.73 Å². The summed E-state index contributed by atoms with van der Waals surface area (Å²) in [7, 11) is 0. The Labute approximate surface area is 125 Å². The molecule has 1 aromatic carbocycles. The number of nitrogens with two attached hydrogens (primary N) is 1. The molecule has 0 spiro atoms. The van der Waals surface area contributed by atoms with Crippen LogP contribution in [0.2, 0.25) is 0 Å². The van der Waals surface area contributed by atoms with Crippen molar-refractivity contribution < 1.29 is 13.2 Å². The van der Waals surface area contributed by atoms with Gasteiger partial charge in [-0.25, -0.2) is 4.98 Å². The molecule has 1 unspecified atom stereocenters. The summed E-state index contributed by atoms with van der Waals surface area (Å²) in [6, 6.07) is 4.22. The maximum absolute atomic E-state index is 13.2. The fourth-order valence-electron chi connectivity index (χ4n) is 1.87. The molecule has 1 atom stereocenters. The molecule has 0 bridgehead atoms. The van der Waals surface area contributed by atoms with Crippen LogP contribution in [-0.4, -0.2) is 16.0 Å².